The molecule has 1 saturated carbocycles. The number of piperidine rings is 1. The lowest BCUT2D eigenvalue weighted by molar-refractivity contribution is -0.126. The maximum absolute atomic E-state index is 12.7. The third kappa shape index (κ3) is 3.82. The molecule has 1 N–H and O–H groups in total. The first-order valence-corrected chi connectivity index (χ1v) is 9.46. The fourth-order valence-electron chi connectivity index (χ4n) is 2.75. The Bertz CT molecular complexity index is 604. The van der Waals surface area contributed by atoms with Crippen molar-refractivity contribution in [1.29, 1.82) is 0 Å². The van der Waals surface area contributed by atoms with Crippen LogP contribution < -0.4 is 5.32 Å². The van der Waals surface area contributed by atoms with Gasteiger partial charge in [0.2, 0.25) is 5.91 Å². The summed E-state index contributed by atoms with van der Waals surface area (Å²) in [7, 11) is 0. The second-order valence-corrected chi connectivity index (χ2v) is 8.08. The summed E-state index contributed by atoms with van der Waals surface area (Å²) in [5.74, 6) is 0.0710. The lowest BCUT2D eigenvalue weighted by Crippen LogP contribution is -2.46. The van der Waals surface area contributed by atoms with E-state index >= 15 is 0 Å². The van der Waals surface area contributed by atoms with Crippen molar-refractivity contribution in [2.75, 3.05) is 13.1 Å². The average Bonchev–Trinajstić information content (AvgIpc) is 3.33. The van der Waals surface area contributed by atoms with Gasteiger partial charge in [-0.15, -0.1) is 0 Å². The second kappa shape index (κ2) is 6.86. The van der Waals surface area contributed by atoms with Gasteiger partial charge in [-0.25, -0.2) is 0 Å². The monoisotopic (exact) mass is 476 g/mol. The highest BCUT2D eigenvalue weighted by Gasteiger charge is 2.32. The first-order chi connectivity index (χ1) is 10.5. The summed E-state index contributed by atoms with van der Waals surface area (Å²) < 4.78 is 1.84. The van der Waals surface area contributed by atoms with Crippen molar-refractivity contribution in [3.8, 4) is 0 Å². The van der Waals surface area contributed by atoms with Crippen LogP contribution in [0.2, 0.25) is 0 Å². The smallest absolute Gasteiger partial charge is 0.254 e. The van der Waals surface area contributed by atoms with Gasteiger partial charge in [-0.3, -0.25) is 9.59 Å². The number of halogens is 2. The van der Waals surface area contributed by atoms with Crippen LogP contribution in [0.3, 0.4) is 0 Å². The van der Waals surface area contributed by atoms with Gasteiger partial charge in [0.1, 0.15) is 0 Å². The van der Waals surface area contributed by atoms with Gasteiger partial charge in [0.15, 0.2) is 0 Å². The molecule has 2 amide bonds. The van der Waals surface area contributed by atoms with E-state index in [1.54, 1.807) is 0 Å². The molecule has 118 valence electrons. The highest BCUT2D eigenvalue weighted by molar-refractivity contribution is 14.1. The number of carbonyl (C=O) groups excluding carboxylic acids is 2. The molecule has 1 aromatic carbocycles. The SMILES string of the molecule is O=C(NC1CC1)C1CCCN(C(=O)c2cc(Br)ccc2I)C1. The molecule has 3 rings (SSSR count). The molecule has 1 heterocycles. The maximum atomic E-state index is 12.7. The number of rotatable bonds is 3. The normalized spacial score (nSPS) is 21.5. The number of nitrogens with zero attached hydrogens (tertiary/aromatic N) is 1. The van der Waals surface area contributed by atoms with Crippen LogP contribution in [0.25, 0.3) is 0 Å². The predicted octanol–water partition coefficient (Wildman–Crippen LogP) is 3.18. The number of carbonyl (C=O) groups is 2. The Morgan fingerprint density at radius 2 is 2.05 bits per heavy atom. The van der Waals surface area contributed by atoms with Crippen LogP contribution in [0, 0.1) is 9.49 Å². The lowest BCUT2D eigenvalue weighted by Gasteiger charge is -2.32. The molecule has 0 spiro atoms. The minimum atomic E-state index is -0.0666. The van der Waals surface area contributed by atoms with Gasteiger partial charge in [-0.1, -0.05) is 15.9 Å². The van der Waals surface area contributed by atoms with Crippen molar-refractivity contribution in [2.24, 2.45) is 5.92 Å². The van der Waals surface area contributed by atoms with E-state index < -0.39 is 0 Å². The zero-order chi connectivity index (χ0) is 15.7. The summed E-state index contributed by atoms with van der Waals surface area (Å²) in [6.45, 7) is 1.26. The molecule has 22 heavy (non-hydrogen) atoms. The van der Waals surface area contributed by atoms with E-state index in [4.69, 9.17) is 0 Å². The molecule has 0 aromatic heterocycles. The largest absolute Gasteiger partial charge is 0.353 e. The zero-order valence-electron chi connectivity index (χ0n) is 12.1. The number of benzene rings is 1. The van der Waals surface area contributed by atoms with E-state index in [0.717, 1.165) is 40.3 Å². The van der Waals surface area contributed by atoms with Gasteiger partial charge in [0, 0.05) is 27.2 Å². The van der Waals surface area contributed by atoms with Crippen molar-refractivity contribution in [3.63, 3.8) is 0 Å². The molecule has 1 aliphatic carbocycles. The summed E-state index contributed by atoms with van der Waals surface area (Å²) in [6.07, 6.45) is 3.95. The van der Waals surface area contributed by atoms with Gasteiger partial charge in [-0.2, -0.15) is 0 Å². The van der Waals surface area contributed by atoms with Crippen LogP contribution in [0.15, 0.2) is 22.7 Å². The van der Waals surface area contributed by atoms with E-state index in [1.807, 2.05) is 23.1 Å². The topological polar surface area (TPSA) is 49.4 Å². The Kier molecular flexibility index (Phi) is 5.07. The van der Waals surface area contributed by atoms with Gasteiger partial charge < -0.3 is 10.2 Å². The Balaban J connectivity index is 1.69. The highest BCUT2D eigenvalue weighted by Crippen LogP contribution is 2.25. The van der Waals surface area contributed by atoms with Crippen LogP contribution in [0.5, 0.6) is 0 Å². The fraction of sp³-hybridized carbons (Fsp3) is 0.500. The van der Waals surface area contributed by atoms with Crippen LogP contribution in [-0.2, 0) is 4.79 Å². The quantitative estimate of drug-likeness (QED) is 0.681. The molecule has 1 saturated heterocycles. The summed E-state index contributed by atoms with van der Waals surface area (Å²) >= 11 is 5.60. The van der Waals surface area contributed by atoms with Crippen LogP contribution in [0.1, 0.15) is 36.0 Å². The van der Waals surface area contributed by atoms with Gasteiger partial charge >= 0.3 is 0 Å². The molecule has 2 fully saturated rings. The zero-order valence-corrected chi connectivity index (χ0v) is 15.9. The van der Waals surface area contributed by atoms with Gasteiger partial charge in [-0.05, 0) is 66.5 Å². The van der Waals surface area contributed by atoms with Crippen LogP contribution in [-0.4, -0.2) is 35.8 Å². The summed E-state index contributed by atoms with van der Waals surface area (Å²) in [5.41, 5.74) is 0.707. The number of nitrogens with one attached hydrogen (secondary N) is 1. The van der Waals surface area contributed by atoms with Crippen molar-refractivity contribution in [3.05, 3.63) is 31.8 Å². The van der Waals surface area contributed by atoms with Crippen LogP contribution >= 0.6 is 38.5 Å². The summed E-state index contributed by atoms with van der Waals surface area (Å²) in [4.78, 5) is 26.8. The fourth-order valence-corrected chi connectivity index (χ4v) is 3.68. The van der Waals surface area contributed by atoms with Crippen molar-refractivity contribution >= 4 is 50.3 Å². The minimum Gasteiger partial charge on any atom is -0.353 e. The molecule has 1 atom stereocenters. The maximum Gasteiger partial charge on any atom is 0.254 e. The minimum absolute atomic E-state index is 0.0228. The number of likely N-dealkylation sites (tertiary alicyclic amines) is 1. The number of amides is 2. The molecule has 6 heteroatoms. The van der Waals surface area contributed by atoms with E-state index in [2.05, 4.69) is 43.8 Å². The standard InChI is InChI=1S/C16H18BrIN2O2/c17-11-3-6-14(18)13(8-11)16(22)20-7-1-2-10(9-20)15(21)19-12-4-5-12/h3,6,8,10,12H,1-2,4-5,7,9H2,(H,19,21). The molecule has 1 unspecified atom stereocenters. The average molecular weight is 477 g/mol. The van der Waals surface area contributed by atoms with Crippen molar-refractivity contribution in [1.82, 2.24) is 10.2 Å². The van der Waals surface area contributed by atoms with E-state index in [0.29, 0.717) is 18.2 Å². The molecule has 1 aromatic rings. The Hall–Kier alpha value is -0.630. The molecule has 1 aliphatic heterocycles. The summed E-state index contributed by atoms with van der Waals surface area (Å²) in [6, 6.07) is 6.10. The predicted molar refractivity (Wildman–Crippen MR) is 96.7 cm³/mol. The molecule has 0 bridgehead atoms. The molecular formula is C16H18BrIN2O2. The second-order valence-electron chi connectivity index (χ2n) is 6.00. The van der Waals surface area contributed by atoms with E-state index in [1.165, 1.54) is 0 Å². The first-order valence-electron chi connectivity index (χ1n) is 7.59. The van der Waals surface area contributed by atoms with Crippen molar-refractivity contribution in [2.45, 2.75) is 31.7 Å². The molecule has 4 nitrogen and oxygen atoms in total. The van der Waals surface area contributed by atoms with Gasteiger partial charge in [0.05, 0.1) is 11.5 Å². The molecule has 2 aliphatic rings. The molecule has 0 radical (unpaired) electrons. The van der Waals surface area contributed by atoms with E-state index in [-0.39, 0.29) is 17.7 Å². The first kappa shape index (κ1) is 16.2. The third-order valence-corrected chi connectivity index (χ3v) is 5.60. The third-order valence-electron chi connectivity index (χ3n) is 4.16. The highest BCUT2D eigenvalue weighted by atomic mass is 127. The Labute approximate surface area is 152 Å². The van der Waals surface area contributed by atoms with Gasteiger partial charge in [0.25, 0.3) is 5.91 Å². The Morgan fingerprint density at radius 1 is 1.27 bits per heavy atom. The molecular weight excluding hydrogens is 459 g/mol. The number of hydrogen-bond donors (Lipinski definition) is 1. The lowest BCUT2D eigenvalue weighted by atomic mass is 9.96. The number of hydrogen-bond acceptors (Lipinski definition) is 2. The van der Waals surface area contributed by atoms with Crippen molar-refractivity contribution < 1.29 is 9.59 Å². The summed E-state index contributed by atoms with van der Waals surface area (Å²) in [5, 5.41) is 3.06. The Morgan fingerprint density at radius 3 is 2.77 bits per heavy atom. The van der Waals surface area contributed by atoms with E-state index in [9.17, 15) is 9.59 Å². The van der Waals surface area contributed by atoms with Crippen LogP contribution in [0.4, 0.5) is 0 Å².